The van der Waals surface area contributed by atoms with Gasteiger partial charge in [-0.1, -0.05) is 41.1 Å². The molecular weight excluding hydrogens is 302 g/mol. The van der Waals surface area contributed by atoms with Crippen molar-refractivity contribution in [1.82, 2.24) is 15.5 Å². The van der Waals surface area contributed by atoms with Crippen LogP contribution in [-0.4, -0.2) is 44.7 Å². The van der Waals surface area contributed by atoms with Crippen LogP contribution >= 0.6 is 15.9 Å². The van der Waals surface area contributed by atoms with Crippen molar-refractivity contribution in [3.63, 3.8) is 0 Å². The Morgan fingerprint density at radius 2 is 2.00 bits per heavy atom. The van der Waals surface area contributed by atoms with Crippen LogP contribution in [0.1, 0.15) is 18.5 Å². The zero-order valence-corrected chi connectivity index (χ0v) is 13.4. The third-order valence-corrected chi connectivity index (χ3v) is 4.60. The van der Waals surface area contributed by atoms with Crippen LogP contribution in [0.15, 0.2) is 28.7 Å². The first-order chi connectivity index (χ1) is 9.22. The summed E-state index contributed by atoms with van der Waals surface area (Å²) in [5.74, 6) is 0.585. The Hall–Kier alpha value is -0.420. The lowest BCUT2D eigenvalue weighted by Crippen LogP contribution is -2.46. The molecule has 0 amide bonds. The van der Waals surface area contributed by atoms with Crippen molar-refractivity contribution in [2.24, 2.45) is 5.92 Å². The third-order valence-electron chi connectivity index (χ3n) is 3.88. The maximum atomic E-state index is 3.67. The van der Waals surface area contributed by atoms with E-state index in [1.165, 1.54) is 10.0 Å². The van der Waals surface area contributed by atoms with E-state index in [0.717, 1.165) is 32.7 Å². The molecule has 0 bridgehead atoms. The Bertz CT molecular complexity index is 391. The van der Waals surface area contributed by atoms with Gasteiger partial charge in [0.2, 0.25) is 0 Å². The molecule has 0 aliphatic carbocycles. The fraction of sp³-hybridized carbons (Fsp3) is 0.600. The molecule has 19 heavy (non-hydrogen) atoms. The lowest BCUT2D eigenvalue weighted by molar-refractivity contribution is 0.192. The van der Waals surface area contributed by atoms with Gasteiger partial charge < -0.3 is 15.5 Å². The average molecular weight is 326 g/mol. The van der Waals surface area contributed by atoms with Crippen LogP contribution < -0.4 is 10.6 Å². The molecular formula is C15H24BrN3. The minimum atomic E-state index is 0.394. The molecule has 2 unspecified atom stereocenters. The molecule has 1 aliphatic rings. The summed E-state index contributed by atoms with van der Waals surface area (Å²) in [7, 11) is 2.05. The highest BCUT2D eigenvalue weighted by molar-refractivity contribution is 9.10. The molecule has 4 heteroatoms. The van der Waals surface area contributed by atoms with E-state index < -0.39 is 0 Å². The third kappa shape index (κ3) is 4.02. The van der Waals surface area contributed by atoms with E-state index in [1.54, 1.807) is 0 Å². The van der Waals surface area contributed by atoms with Crippen molar-refractivity contribution in [2.45, 2.75) is 13.0 Å². The Morgan fingerprint density at radius 3 is 2.63 bits per heavy atom. The number of hydrogen-bond acceptors (Lipinski definition) is 3. The first-order valence-corrected chi connectivity index (χ1v) is 7.86. The molecule has 0 saturated carbocycles. The van der Waals surface area contributed by atoms with Gasteiger partial charge in [0.25, 0.3) is 0 Å². The van der Waals surface area contributed by atoms with E-state index in [4.69, 9.17) is 0 Å². The molecule has 0 radical (unpaired) electrons. The summed E-state index contributed by atoms with van der Waals surface area (Å²) in [4.78, 5) is 2.56. The maximum Gasteiger partial charge on any atom is 0.0367 e. The molecule has 1 fully saturated rings. The van der Waals surface area contributed by atoms with Gasteiger partial charge in [0, 0.05) is 43.2 Å². The molecule has 1 heterocycles. The predicted molar refractivity (Wildman–Crippen MR) is 84.4 cm³/mol. The highest BCUT2D eigenvalue weighted by Crippen LogP contribution is 2.28. The number of piperazine rings is 1. The first-order valence-electron chi connectivity index (χ1n) is 7.07. The molecule has 0 aromatic heterocycles. The number of nitrogens with zero attached hydrogens (tertiary/aromatic N) is 1. The van der Waals surface area contributed by atoms with Crippen LogP contribution in [0.25, 0.3) is 0 Å². The van der Waals surface area contributed by atoms with Gasteiger partial charge in [-0.15, -0.1) is 0 Å². The number of hydrogen-bond donors (Lipinski definition) is 2. The van der Waals surface area contributed by atoms with E-state index in [0.29, 0.717) is 12.0 Å². The Kier molecular flexibility index (Phi) is 5.82. The molecule has 0 spiro atoms. The number of nitrogens with one attached hydrogen (secondary N) is 2. The van der Waals surface area contributed by atoms with Crippen LogP contribution in [0.5, 0.6) is 0 Å². The van der Waals surface area contributed by atoms with Crippen LogP contribution in [0.3, 0.4) is 0 Å². The zero-order chi connectivity index (χ0) is 13.7. The second-order valence-electron chi connectivity index (χ2n) is 5.32. The van der Waals surface area contributed by atoms with Crippen molar-refractivity contribution >= 4 is 15.9 Å². The summed E-state index contributed by atoms with van der Waals surface area (Å²) in [6, 6.07) is 8.91. The van der Waals surface area contributed by atoms with Crippen LogP contribution in [0, 0.1) is 5.92 Å². The van der Waals surface area contributed by atoms with Crippen molar-refractivity contribution in [1.29, 1.82) is 0 Å². The van der Waals surface area contributed by atoms with E-state index in [9.17, 15) is 0 Å². The van der Waals surface area contributed by atoms with Crippen molar-refractivity contribution < 1.29 is 0 Å². The summed E-state index contributed by atoms with van der Waals surface area (Å²) in [5.41, 5.74) is 1.35. The summed E-state index contributed by atoms with van der Waals surface area (Å²) in [5, 5.41) is 6.88. The number of rotatable bonds is 5. The fourth-order valence-corrected chi connectivity index (χ4v) is 3.41. The molecule has 2 rings (SSSR count). The van der Waals surface area contributed by atoms with Crippen molar-refractivity contribution in [2.75, 3.05) is 39.8 Å². The van der Waals surface area contributed by atoms with Crippen molar-refractivity contribution in [3.8, 4) is 0 Å². The first kappa shape index (κ1) is 15.0. The zero-order valence-electron chi connectivity index (χ0n) is 11.8. The van der Waals surface area contributed by atoms with Crippen molar-refractivity contribution in [3.05, 3.63) is 34.3 Å². The lowest BCUT2D eigenvalue weighted by Gasteiger charge is -2.33. The molecule has 2 N–H and O–H groups in total. The van der Waals surface area contributed by atoms with E-state index in [-0.39, 0.29) is 0 Å². The fourth-order valence-electron chi connectivity index (χ4n) is 2.88. The monoisotopic (exact) mass is 325 g/mol. The highest BCUT2D eigenvalue weighted by Gasteiger charge is 2.22. The van der Waals surface area contributed by atoms with Crippen LogP contribution in [0.4, 0.5) is 0 Å². The van der Waals surface area contributed by atoms with Gasteiger partial charge in [0.05, 0.1) is 0 Å². The summed E-state index contributed by atoms with van der Waals surface area (Å²) in [6.45, 7) is 8.04. The standard InChI is InChI=1S/C15H24BrN3/c1-12(11-19-9-7-18-8-10-19)15(17-2)13-5-3-4-6-14(13)16/h3-6,12,15,17-18H,7-11H2,1-2H3. The lowest BCUT2D eigenvalue weighted by atomic mass is 9.94. The Labute approximate surface area is 124 Å². The quantitative estimate of drug-likeness (QED) is 0.869. The molecule has 2 atom stereocenters. The SMILES string of the molecule is CNC(c1ccccc1Br)C(C)CN1CCNCC1. The predicted octanol–water partition coefficient (Wildman–Crippen LogP) is 2.25. The molecule has 1 saturated heterocycles. The second-order valence-corrected chi connectivity index (χ2v) is 6.17. The highest BCUT2D eigenvalue weighted by atomic mass is 79.9. The molecule has 106 valence electrons. The van der Waals surface area contributed by atoms with Gasteiger partial charge >= 0.3 is 0 Å². The summed E-state index contributed by atoms with van der Waals surface area (Å²) < 4.78 is 1.20. The molecule has 3 nitrogen and oxygen atoms in total. The van der Waals surface area contributed by atoms with E-state index >= 15 is 0 Å². The Balaban J connectivity index is 2.02. The number of benzene rings is 1. The summed E-state index contributed by atoms with van der Waals surface area (Å²) in [6.07, 6.45) is 0. The topological polar surface area (TPSA) is 27.3 Å². The van der Waals surface area contributed by atoms with E-state index in [1.807, 2.05) is 0 Å². The molecule has 1 aliphatic heterocycles. The number of halogens is 1. The van der Waals surface area contributed by atoms with Gasteiger partial charge in [0.15, 0.2) is 0 Å². The molecule has 1 aromatic carbocycles. The minimum Gasteiger partial charge on any atom is -0.314 e. The average Bonchev–Trinajstić information content (AvgIpc) is 2.43. The van der Waals surface area contributed by atoms with Gasteiger partial charge in [-0.05, 0) is 24.6 Å². The normalized spacial score (nSPS) is 20.2. The van der Waals surface area contributed by atoms with E-state index in [2.05, 4.69) is 69.7 Å². The largest absolute Gasteiger partial charge is 0.314 e. The van der Waals surface area contributed by atoms with Gasteiger partial charge in [-0.3, -0.25) is 0 Å². The van der Waals surface area contributed by atoms with Gasteiger partial charge in [-0.25, -0.2) is 0 Å². The minimum absolute atomic E-state index is 0.394. The van der Waals surface area contributed by atoms with Gasteiger partial charge in [-0.2, -0.15) is 0 Å². The molecule has 1 aromatic rings. The smallest absolute Gasteiger partial charge is 0.0367 e. The second kappa shape index (κ2) is 7.39. The summed E-state index contributed by atoms with van der Waals surface area (Å²) >= 11 is 3.67. The van der Waals surface area contributed by atoms with Gasteiger partial charge in [0.1, 0.15) is 0 Å². The Morgan fingerprint density at radius 1 is 1.32 bits per heavy atom. The maximum absolute atomic E-state index is 3.67. The van der Waals surface area contributed by atoms with Crippen LogP contribution in [0.2, 0.25) is 0 Å². The van der Waals surface area contributed by atoms with Crippen LogP contribution in [-0.2, 0) is 0 Å².